The van der Waals surface area contributed by atoms with Crippen molar-refractivity contribution in [2.24, 2.45) is 0 Å². The normalized spacial score (nSPS) is 14.1. The molecule has 0 radical (unpaired) electrons. The fraction of sp³-hybridized carbons (Fsp3) is 0.273. The molecule has 82 valence electrons. The lowest BCUT2D eigenvalue weighted by molar-refractivity contribution is 0.911. The van der Waals surface area contributed by atoms with Crippen LogP contribution in [0, 0.1) is 0 Å². The minimum atomic E-state index is 0.510. The maximum absolute atomic E-state index is 5.92. The fourth-order valence-corrected chi connectivity index (χ4v) is 3.61. The first-order valence-electron chi connectivity index (χ1n) is 5.10. The maximum atomic E-state index is 5.92. The van der Waals surface area contributed by atoms with Gasteiger partial charge in [-0.15, -0.1) is 0 Å². The molecule has 3 rings (SSSR count). The molecule has 1 heterocycles. The third kappa shape index (κ3) is 1.97. The number of benzene rings is 1. The lowest BCUT2D eigenvalue weighted by atomic mass is 10.1. The number of aryl methyl sites for hydroxylation is 2. The number of hydrogen-bond donors (Lipinski definition) is 0. The van der Waals surface area contributed by atoms with Crippen LogP contribution in [0.25, 0.3) is 0 Å². The number of nitrogens with zero attached hydrogens (tertiary/aromatic N) is 2. The Kier molecular flexibility index (Phi) is 2.88. The molecule has 0 unspecified atom stereocenters. The minimum Gasteiger partial charge on any atom is -0.164 e. The molecule has 1 aromatic carbocycles. The summed E-state index contributed by atoms with van der Waals surface area (Å²) in [5.41, 5.74) is 2.97. The Labute approximate surface area is 107 Å². The van der Waals surface area contributed by atoms with E-state index in [1.54, 1.807) is 11.8 Å². The van der Waals surface area contributed by atoms with Crippen molar-refractivity contribution in [1.82, 2.24) is 8.75 Å². The first-order chi connectivity index (χ1) is 7.83. The summed E-state index contributed by atoms with van der Waals surface area (Å²) in [6, 6.07) is 6.62. The number of aromatic nitrogens is 2. The van der Waals surface area contributed by atoms with Crippen LogP contribution >= 0.6 is 35.1 Å². The molecular weight excluding hydrogens is 260 g/mol. The zero-order valence-electron chi connectivity index (χ0n) is 8.44. The van der Waals surface area contributed by atoms with Gasteiger partial charge >= 0.3 is 0 Å². The highest BCUT2D eigenvalue weighted by atomic mass is 35.5. The van der Waals surface area contributed by atoms with Crippen LogP contribution in [0.5, 0.6) is 0 Å². The first kappa shape index (κ1) is 10.6. The molecule has 16 heavy (non-hydrogen) atoms. The summed E-state index contributed by atoms with van der Waals surface area (Å²) in [4.78, 5) is 1.20. The van der Waals surface area contributed by atoms with E-state index in [1.807, 2.05) is 0 Å². The lowest BCUT2D eigenvalue weighted by Crippen LogP contribution is -1.82. The zero-order valence-corrected chi connectivity index (χ0v) is 10.8. The van der Waals surface area contributed by atoms with Gasteiger partial charge in [0.1, 0.15) is 0 Å². The summed E-state index contributed by atoms with van der Waals surface area (Å²) in [6.07, 6.45) is 3.70. The van der Waals surface area contributed by atoms with Crippen LogP contribution < -0.4 is 0 Å². The number of fused-ring (bicyclic) bond motifs is 1. The Morgan fingerprint density at radius 3 is 2.88 bits per heavy atom. The van der Waals surface area contributed by atoms with Crippen molar-refractivity contribution < 1.29 is 0 Å². The van der Waals surface area contributed by atoms with Gasteiger partial charge in [-0.1, -0.05) is 29.4 Å². The molecular formula is C11H9ClN2S2. The van der Waals surface area contributed by atoms with Gasteiger partial charge in [-0.25, -0.2) is 0 Å². The number of rotatable bonds is 2. The molecule has 0 bridgehead atoms. The zero-order chi connectivity index (χ0) is 11.0. The monoisotopic (exact) mass is 268 g/mol. The molecule has 0 atom stereocenters. The van der Waals surface area contributed by atoms with Crippen molar-refractivity contribution in [3.63, 3.8) is 0 Å². The van der Waals surface area contributed by atoms with Gasteiger partial charge in [0.15, 0.2) is 10.2 Å². The predicted molar refractivity (Wildman–Crippen MR) is 67.5 cm³/mol. The predicted octanol–water partition coefficient (Wildman–Crippen LogP) is 3.83. The van der Waals surface area contributed by atoms with Crippen LogP contribution in [0.15, 0.2) is 28.1 Å². The van der Waals surface area contributed by atoms with Crippen molar-refractivity contribution >= 4 is 35.1 Å². The molecule has 1 aromatic heterocycles. The molecule has 1 aliphatic rings. The van der Waals surface area contributed by atoms with Gasteiger partial charge in [-0.2, -0.15) is 8.75 Å². The van der Waals surface area contributed by atoms with Crippen LogP contribution in [0.2, 0.25) is 5.15 Å². The van der Waals surface area contributed by atoms with Crippen LogP contribution in [0.1, 0.15) is 17.5 Å². The molecule has 0 aliphatic heterocycles. The van der Waals surface area contributed by atoms with E-state index in [-0.39, 0.29) is 0 Å². The summed E-state index contributed by atoms with van der Waals surface area (Å²) in [5.74, 6) is 0. The quantitative estimate of drug-likeness (QED) is 0.828. The highest BCUT2D eigenvalue weighted by Gasteiger charge is 2.13. The van der Waals surface area contributed by atoms with Gasteiger partial charge in [0.2, 0.25) is 0 Å². The molecule has 0 N–H and O–H groups in total. The summed E-state index contributed by atoms with van der Waals surface area (Å²) in [6.45, 7) is 0. The largest absolute Gasteiger partial charge is 0.177 e. The summed E-state index contributed by atoms with van der Waals surface area (Å²) >= 11 is 8.67. The Balaban J connectivity index is 1.88. The van der Waals surface area contributed by atoms with Crippen molar-refractivity contribution in [2.75, 3.05) is 0 Å². The number of halogens is 1. The lowest BCUT2D eigenvalue weighted by Gasteiger charge is -2.02. The van der Waals surface area contributed by atoms with Crippen molar-refractivity contribution in [1.29, 1.82) is 0 Å². The average Bonchev–Trinajstić information content (AvgIpc) is 2.88. The van der Waals surface area contributed by atoms with E-state index in [9.17, 15) is 0 Å². The van der Waals surface area contributed by atoms with E-state index >= 15 is 0 Å². The van der Waals surface area contributed by atoms with Gasteiger partial charge in [-0.3, -0.25) is 0 Å². The van der Waals surface area contributed by atoms with Gasteiger partial charge in [-0.05, 0) is 42.5 Å². The van der Waals surface area contributed by atoms with Crippen molar-refractivity contribution in [2.45, 2.75) is 29.2 Å². The van der Waals surface area contributed by atoms with Crippen molar-refractivity contribution in [3.05, 3.63) is 34.5 Å². The molecule has 0 spiro atoms. The van der Waals surface area contributed by atoms with Crippen LogP contribution in [-0.4, -0.2) is 8.75 Å². The Hall–Kier alpha value is -0.580. The standard InChI is InChI=1S/C11H9ClN2S2/c12-10-11(14-16-13-10)15-9-5-4-7-2-1-3-8(7)6-9/h4-6H,1-3H2. The van der Waals surface area contributed by atoms with Gasteiger partial charge < -0.3 is 0 Å². The summed E-state index contributed by atoms with van der Waals surface area (Å²) < 4.78 is 8.13. The van der Waals surface area contributed by atoms with E-state index in [0.717, 1.165) is 16.8 Å². The SMILES string of the molecule is Clc1nsnc1Sc1ccc2c(c1)CCC2. The molecule has 0 fully saturated rings. The van der Waals surface area contributed by atoms with Crippen LogP contribution in [-0.2, 0) is 12.8 Å². The summed E-state index contributed by atoms with van der Waals surface area (Å²) in [7, 11) is 0. The third-order valence-electron chi connectivity index (χ3n) is 2.71. The van der Waals surface area contributed by atoms with Crippen LogP contribution in [0.3, 0.4) is 0 Å². The van der Waals surface area contributed by atoms with Crippen molar-refractivity contribution in [3.8, 4) is 0 Å². The second-order valence-electron chi connectivity index (χ2n) is 3.75. The van der Waals surface area contributed by atoms with E-state index in [4.69, 9.17) is 11.6 Å². The first-order valence-corrected chi connectivity index (χ1v) is 7.03. The second kappa shape index (κ2) is 4.35. The molecule has 2 nitrogen and oxygen atoms in total. The van der Waals surface area contributed by atoms with E-state index in [0.29, 0.717) is 5.15 Å². The van der Waals surface area contributed by atoms with Gasteiger partial charge in [0.05, 0.1) is 11.7 Å². The van der Waals surface area contributed by atoms with E-state index in [2.05, 4.69) is 26.9 Å². The topological polar surface area (TPSA) is 25.8 Å². The van der Waals surface area contributed by atoms with E-state index < -0.39 is 0 Å². The van der Waals surface area contributed by atoms with E-state index in [1.165, 1.54) is 35.3 Å². The molecule has 1 aliphatic carbocycles. The Morgan fingerprint density at radius 1 is 1.19 bits per heavy atom. The maximum Gasteiger partial charge on any atom is 0.177 e. The molecule has 0 saturated carbocycles. The second-order valence-corrected chi connectivity index (χ2v) is 5.70. The van der Waals surface area contributed by atoms with Gasteiger partial charge in [0.25, 0.3) is 0 Å². The van der Waals surface area contributed by atoms with Crippen LogP contribution in [0.4, 0.5) is 0 Å². The number of hydrogen-bond acceptors (Lipinski definition) is 4. The highest BCUT2D eigenvalue weighted by molar-refractivity contribution is 7.99. The minimum absolute atomic E-state index is 0.510. The molecule has 0 saturated heterocycles. The molecule has 5 heteroatoms. The average molecular weight is 269 g/mol. The van der Waals surface area contributed by atoms with Gasteiger partial charge in [0, 0.05) is 4.90 Å². The Bertz CT molecular complexity index is 524. The smallest absolute Gasteiger partial charge is 0.164 e. The highest BCUT2D eigenvalue weighted by Crippen LogP contribution is 2.34. The fourth-order valence-electron chi connectivity index (χ4n) is 1.95. The molecule has 0 amide bonds. The summed E-state index contributed by atoms with van der Waals surface area (Å²) in [5, 5.41) is 1.32. The Morgan fingerprint density at radius 2 is 2.06 bits per heavy atom. The third-order valence-corrected chi connectivity index (χ3v) is 4.79. The molecule has 2 aromatic rings.